The fourth-order valence-corrected chi connectivity index (χ4v) is 3.05. The number of hydrogen-bond acceptors (Lipinski definition) is 2. The van der Waals surface area contributed by atoms with Gasteiger partial charge < -0.3 is 5.32 Å². The molecule has 1 nitrogen and oxygen atoms in total. The molecule has 2 atom stereocenters. The molecule has 0 aromatic carbocycles. The monoisotopic (exact) mass is 289 g/mol. The predicted molar refractivity (Wildman–Crippen MR) is 72.5 cm³/mol. The van der Waals surface area contributed by atoms with E-state index in [0.717, 1.165) is 0 Å². The van der Waals surface area contributed by atoms with Crippen LogP contribution in [0.3, 0.4) is 0 Å². The fraction of sp³-hybridized carbons (Fsp3) is 0.667. The summed E-state index contributed by atoms with van der Waals surface area (Å²) in [6.45, 7) is 11.3. The van der Waals surface area contributed by atoms with Crippen molar-refractivity contribution in [2.75, 3.05) is 0 Å². The van der Waals surface area contributed by atoms with Gasteiger partial charge in [0, 0.05) is 21.4 Å². The van der Waals surface area contributed by atoms with Crippen molar-refractivity contribution in [3.63, 3.8) is 0 Å². The molecule has 1 N–H and O–H groups in total. The van der Waals surface area contributed by atoms with Gasteiger partial charge in [0.2, 0.25) is 0 Å². The molecule has 0 aliphatic rings. The summed E-state index contributed by atoms with van der Waals surface area (Å²) >= 11 is 5.38. The van der Waals surface area contributed by atoms with Gasteiger partial charge in [-0.05, 0) is 46.6 Å². The summed E-state index contributed by atoms with van der Waals surface area (Å²) in [5.74, 6) is 0. The molecule has 1 heterocycles. The molecule has 0 fully saturated rings. The lowest BCUT2D eigenvalue weighted by Gasteiger charge is -2.31. The molecule has 0 aliphatic heterocycles. The Morgan fingerprint density at radius 3 is 2.33 bits per heavy atom. The van der Waals surface area contributed by atoms with Gasteiger partial charge in [-0.25, -0.2) is 0 Å². The Kier molecular flexibility index (Phi) is 4.38. The molecule has 1 aromatic heterocycles. The zero-order valence-corrected chi connectivity index (χ0v) is 12.5. The minimum atomic E-state index is 0.304. The summed E-state index contributed by atoms with van der Waals surface area (Å²) in [6.07, 6.45) is 0. The SMILES string of the molecule is CC(NC(C)C(C)(C)C)c1sccc1Br. The van der Waals surface area contributed by atoms with Gasteiger partial charge in [-0.2, -0.15) is 0 Å². The van der Waals surface area contributed by atoms with E-state index in [1.807, 2.05) is 0 Å². The Balaban J connectivity index is 2.64. The molecule has 15 heavy (non-hydrogen) atoms. The van der Waals surface area contributed by atoms with Crippen molar-refractivity contribution in [1.82, 2.24) is 5.32 Å². The van der Waals surface area contributed by atoms with Crippen LogP contribution < -0.4 is 5.32 Å². The highest BCUT2D eigenvalue weighted by Crippen LogP contribution is 2.30. The molecule has 0 amide bonds. The van der Waals surface area contributed by atoms with E-state index in [1.54, 1.807) is 11.3 Å². The Hall–Kier alpha value is 0.140. The van der Waals surface area contributed by atoms with Crippen LogP contribution in [0.4, 0.5) is 0 Å². The average molecular weight is 290 g/mol. The van der Waals surface area contributed by atoms with Crippen LogP contribution in [0.25, 0.3) is 0 Å². The lowest BCUT2D eigenvalue weighted by molar-refractivity contribution is 0.269. The van der Waals surface area contributed by atoms with Gasteiger partial charge in [0.1, 0.15) is 0 Å². The highest BCUT2D eigenvalue weighted by molar-refractivity contribution is 9.10. The summed E-state index contributed by atoms with van der Waals surface area (Å²) in [5.41, 5.74) is 0.304. The van der Waals surface area contributed by atoms with Crippen LogP contribution >= 0.6 is 27.3 Å². The van der Waals surface area contributed by atoms with Crippen molar-refractivity contribution < 1.29 is 0 Å². The predicted octanol–water partition coefficient (Wildman–Crippen LogP) is 4.60. The van der Waals surface area contributed by atoms with Crippen molar-refractivity contribution >= 4 is 27.3 Å². The topological polar surface area (TPSA) is 12.0 Å². The smallest absolute Gasteiger partial charge is 0.0399 e. The molecular formula is C12H20BrNS. The molecule has 2 unspecified atom stereocenters. The van der Waals surface area contributed by atoms with Crippen molar-refractivity contribution in [3.8, 4) is 0 Å². The van der Waals surface area contributed by atoms with Gasteiger partial charge in [0.15, 0.2) is 0 Å². The third-order valence-electron chi connectivity index (χ3n) is 2.84. The van der Waals surface area contributed by atoms with Crippen LogP contribution in [-0.2, 0) is 0 Å². The highest BCUT2D eigenvalue weighted by Gasteiger charge is 2.22. The second-order valence-corrected chi connectivity index (χ2v) is 6.91. The van der Waals surface area contributed by atoms with Crippen molar-refractivity contribution in [2.45, 2.75) is 46.7 Å². The Morgan fingerprint density at radius 1 is 1.33 bits per heavy atom. The summed E-state index contributed by atoms with van der Waals surface area (Å²) in [7, 11) is 0. The molecule has 0 radical (unpaired) electrons. The maximum absolute atomic E-state index is 3.64. The lowest BCUT2D eigenvalue weighted by atomic mass is 9.87. The molecule has 86 valence electrons. The minimum absolute atomic E-state index is 0.304. The third-order valence-corrected chi connectivity index (χ3v) is 4.89. The largest absolute Gasteiger partial charge is 0.306 e. The quantitative estimate of drug-likeness (QED) is 0.858. The fourth-order valence-electron chi connectivity index (χ4n) is 1.32. The number of thiophene rings is 1. The van der Waals surface area contributed by atoms with Crippen molar-refractivity contribution in [3.05, 3.63) is 20.8 Å². The highest BCUT2D eigenvalue weighted by atomic mass is 79.9. The molecule has 3 heteroatoms. The lowest BCUT2D eigenvalue weighted by Crippen LogP contribution is -2.38. The molecule has 0 spiro atoms. The molecule has 0 aliphatic carbocycles. The number of nitrogens with one attached hydrogen (secondary N) is 1. The van der Waals surface area contributed by atoms with E-state index in [4.69, 9.17) is 0 Å². The van der Waals surface area contributed by atoms with E-state index in [0.29, 0.717) is 17.5 Å². The van der Waals surface area contributed by atoms with Crippen molar-refractivity contribution in [2.24, 2.45) is 5.41 Å². The van der Waals surface area contributed by atoms with E-state index in [-0.39, 0.29) is 0 Å². The third kappa shape index (κ3) is 3.58. The first-order valence-corrected chi connectivity index (χ1v) is 6.98. The molecule has 1 aromatic rings. The standard InChI is InChI=1S/C12H20BrNS/c1-8(11-10(13)6-7-15-11)14-9(2)12(3,4)5/h6-9,14H,1-5H3. The average Bonchev–Trinajstić information content (AvgIpc) is 2.49. The first-order valence-electron chi connectivity index (χ1n) is 5.31. The molecule has 0 saturated carbocycles. The molecule has 0 saturated heterocycles. The van der Waals surface area contributed by atoms with Gasteiger partial charge in [0.25, 0.3) is 0 Å². The molecular weight excluding hydrogens is 270 g/mol. The van der Waals surface area contributed by atoms with E-state index in [1.165, 1.54) is 9.35 Å². The second-order valence-electron chi connectivity index (χ2n) is 5.11. The van der Waals surface area contributed by atoms with Gasteiger partial charge in [-0.1, -0.05) is 20.8 Å². The van der Waals surface area contributed by atoms with Gasteiger partial charge >= 0.3 is 0 Å². The van der Waals surface area contributed by atoms with Gasteiger partial charge in [0.05, 0.1) is 0 Å². The molecule has 1 rings (SSSR count). The van der Waals surface area contributed by atoms with E-state index >= 15 is 0 Å². The van der Waals surface area contributed by atoms with Crippen LogP contribution in [0.15, 0.2) is 15.9 Å². The normalized spacial score (nSPS) is 16.4. The van der Waals surface area contributed by atoms with Crippen LogP contribution in [0.5, 0.6) is 0 Å². The van der Waals surface area contributed by atoms with Crippen LogP contribution in [0.2, 0.25) is 0 Å². The summed E-state index contributed by atoms with van der Waals surface area (Å²) in [5, 5.41) is 5.77. The first-order chi connectivity index (χ1) is 6.82. The number of hydrogen-bond donors (Lipinski definition) is 1. The van der Waals surface area contributed by atoms with Crippen LogP contribution in [0.1, 0.15) is 45.5 Å². The second kappa shape index (κ2) is 4.98. The van der Waals surface area contributed by atoms with Gasteiger partial charge in [-0.15, -0.1) is 11.3 Å². The van der Waals surface area contributed by atoms with E-state index in [2.05, 4.69) is 67.3 Å². The van der Waals surface area contributed by atoms with E-state index < -0.39 is 0 Å². The molecule has 0 bridgehead atoms. The summed E-state index contributed by atoms with van der Waals surface area (Å²) in [4.78, 5) is 1.38. The van der Waals surface area contributed by atoms with Crippen LogP contribution in [-0.4, -0.2) is 6.04 Å². The minimum Gasteiger partial charge on any atom is -0.306 e. The first kappa shape index (κ1) is 13.2. The maximum atomic E-state index is 3.64. The maximum Gasteiger partial charge on any atom is 0.0399 e. The van der Waals surface area contributed by atoms with Crippen molar-refractivity contribution in [1.29, 1.82) is 0 Å². The number of rotatable bonds is 3. The Labute approximate surface area is 105 Å². The Morgan fingerprint density at radius 2 is 1.93 bits per heavy atom. The van der Waals surface area contributed by atoms with Gasteiger partial charge in [-0.3, -0.25) is 0 Å². The summed E-state index contributed by atoms with van der Waals surface area (Å²) < 4.78 is 1.22. The Bertz CT molecular complexity index is 314. The summed E-state index contributed by atoms with van der Waals surface area (Å²) in [6, 6.07) is 3.02. The van der Waals surface area contributed by atoms with Crippen LogP contribution in [0, 0.1) is 5.41 Å². The van der Waals surface area contributed by atoms with E-state index in [9.17, 15) is 0 Å². The zero-order valence-electron chi connectivity index (χ0n) is 10.1. The zero-order chi connectivity index (χ0) is 11.6. The number of halogens is 1.